The summed E-state index contributed by atoms with van der Waals surface area (Å²) in [5.41, 5.74) is 3.52. The van der Waals surface area contributed by atoms with Crippen molar-refractivity contribution in [1.29, 1.82) is 0 Å². The van der Waals surface area contributed by atoms with Crippen LogP contribution >= 0.6 is 11.3 Å². The van der Waals surface area contributed by atoms with E-state index in [1.807, 2.05) is 13.0 Å². The molecule has 0 aliphatic carbocycles. The van der Waals surface area contributed by atoms with Gasteiger partial charge in [-0.2, -0.15) is 0 Å². The zero-order valence-corrected chi connectivity index (χ0v) is 18.0. The van der Waals surface area contributed by atoms with E-state index in [0.29, 0.717) is 0 Å². The van der Waals surface area contributed by atoms with Crippen molar-refractivity contribution in [3.05, 3.63) is 46.0 Å². The molecule has 0 aliphatic rings. The van der Waals surface area contributed by atoms with E-state index in [2.05, 4.69) is 63.7 Å². The van der Waals surface area contributed by atoms with Gasteiger partial charge in [0, 0.05) is 5.38 Å². The van der Waals surface area contributed by atoms with Crippen LogP contribution in [0.5, 0.6) is 0 Å². The second-order valence-corrected chi connectivity index (χ2v) is 12.2. The molecule has 0 fully saturated rings. The van der Waals surface area contributed by atoms with Crippen LogP contribution in [-0.4, -0.2) is 19.4 Å². The average molecular weight is 364 g/mol. The van der Waals surface area contributed by atoms with Gasteiger partial charge in [-0.05, 0) is 57.0 Å². The molecule has 4 heteroatoms. The van der Waals surface area contributed by atoms with E-state index in [1.54, 1.807) is 11.3 Å². The van der Waals surface area contributed by atoms with Gasteiger partial charge >= 0.3 is 0 Å². The van der Waals surface area contributed by atoms with Crippen molar-refractivity contribution in [2.24, 2.45) is 0 Å². The van der Waals surface area contributed by atoms with Crippen molar-refractivity contribution < 1.29 is 4.43 Å². The van der Waals surface area contributed by atoms with Crippen molar-refractivity contribution in [1.82, 2.24) is 4.98 Å². The van der Waals surface area contributed by atoms with E-state index >= 15 is 0 Å². The van der Waals surface area contributed by atoms with Crippen molar-refractivity contribution >= 4 is 25.7 Å². The van der Waals surface area contributed by atoms with E-state index in [-0.39, 0.29) is 6.10 Å². The van der Waals surface area contributed by atoms with Crippen LogP contribution in [0.1, 0.15) is 51.7 Å². The number of aromatic nitrogens is 1. The summed E-state index contributed by atoms with van der Waals surface area (Å²) >= 11 is 1.69. The average Bonchev–Trinajstić information content (AvgIpc) is 3.00. The van der Waals surface area contributed by atoms with Crippen LogP contribution in [0.3, 0.4) is 0 Å². The third-order valence-electron chi connectivity index (χ3n) is 4.82. The minimum atomic E-state index is -1.65. The van der Waals surface area contributed by atoms with Gasteiger partial charge in [-0.15, -0.1) is 11.3 Å². The molecule has 0 spiro atoms. The Labute approximate surface area is 153 Å². The fourth-order valence-electron chi connectivity index (χ4n) is 2.78. The molecule has 0 N–H and O–H groups in total. The standard InChI is InChI=1S/C20H33NOSSi/c1-8-16(5)12-13-20(22-24(9-2,10-3)11-4)17(6)14-19-15-23-18(7)21-19/h8,12,14-15,20H,1,9-11,13H2,2-7H3/b16-12-,17-14+/t20-/m0/s1. The SMILES string of the molecule is C=C/C(C)=C\C[C@H](O[Si](CC)(CC)CC)/C(C)=C/c1csc(C)n1. The largest absolute Gasteiger partial charge is 0.410 e. The molecule has 1 rings (SSSR count). The summed E-state index contributed by atoms with van der Waals surface area (Å²) in [6.07, 6.45) is 7.36. The normalized spacial score (nSPS) is 14.8. The Bertz CT molecular complexity index is 576. The lowest BCUT2D eigenvalue weighted by atomic mass is 10.1. The van der Waals surface area contributed by atoms with Crippen LogP contribution in [0.15, 0.2) is 35.3 Å². The molecule has 0 unspecified atom stereocenters. The lowest BCUT2D eigenvalue weighted by Gasteiger charge is -2.33. The Morgan fingerprint density at radius 1 is 1.29 bits per heavy atom. The van der Waals surface area contributed by atoms with Crippen LogP contribution in [0.25, 0.3) is 6.08 Å². The smallest absolute Gasteiger partial charge is 0.192 e. The number of thiazole rings is 1. The molecule has 0 bridgehead atoms. The van der Waals surface area contributed by atoms with Gasteiger partial charge in [-0.1, -0.05) is 45.1 Å². The molecule has 0 radical (unpaired) electrons. The highest BCUT2D eigenvalue weighted by Crippen LogP contribution is 2.28. The Hall–Kier alpha value is -0.973. The summed E-state index contributed by atoms with van der Waals surface area (Å²) in [5, 5.41) is 3.22. The number of nitrogens with zero attached hydrogens (tertiary/aromatic N) is 1. The fraction of sp³-hybridized carbons (Fsp3) is 0.550. The second kappa shape index (κ2) is 10.1. The van der Waals surface area contributed by atoms with Crippen molar-refractivity contribution in [2.75, 3.05) is 0 Å². The molecule has 0 amide bonds. The second-order valence-electron chi connectivity index (χ2n) is 6.42. The molecule has 2 nitrogen and oxygen atoms in total. The molecule has 1 heterocycles. The van der Waals surface area contributed by atoms with Crippen molar-refractivity contribution in [3.8, 4) is 0 Å². The lowest BCUT2D eigenvalue weighted by Crippen LogP contribution is -2.40. The molecule has 1 aromatic rings. The summed E-state index contributed by atoms with van der Waals surface area (Å²) in [6, 6.07) is 3.51. The van der Waals surface area contributed by atoms with Gasteiger partial charge in [0.15, 0.2) is 8.32 Å². The van der Waals surface area contributed by atoms with Gasteiger partial charge in [0.25, 0.3) is 0 Å². The maximum atomic E-state index is 6.79. The first-order valence-electron chi connectivity index (χ1n) is 8.97. The van der Waals surface area contributed by atoms with Gasteiger partial charge in [0.1, 0.15) is 0 Å². The van der Waals surface area contributed by atoms with E-state index in [0.717, 1.165) is 17.1 Å². The summed E-state index contributed by atoms with van der Waals surface area (Å²) < 4.78 is 6.79. The lowest BCUT2D eigenvalue weighted by molar-refractivity contribution is 0.225. The van der Waals surface area contributed by atoms with Crippen LogP contribution in [0, 0.1) is 6.92 Å². The minimum absolute atomic E-state index is 0.133. The molecule has 0 aromatic carbocycles. The minimum Gasteiger partial charge on any atom is -0.410 e. The van der Waals surface area contributed by atoms with E-state index < -0.39 is 8.32 Å². The molecular weight excluding hydrogens is 330 g/mol. The number of allylic oxidation sites excluding steroid dienone is 2. The van der Waals surface area contributed by atoms with Gasteiger partial charge in [0.05, 0.1) is 16.8 Å². The molecule has 24 heavy (non-hydrogen) atoms. The van der Waals surface area contributed by atoms with Crippen molar-refractivity contribution in [2.45, 2.75) is 72.2 Å². The third-order valence-corrected chi connectivity index (χ3v) is 10.3. The van der Waals surface area contributed by atoms with E-state index in [4.69, 9.17) is 4.43 Å². The topological polar surface area (TPSA) is 22.1 Å². The van der Waals surface area contributed by atoms with Crippen LogP contribution < -0.4 is 0 Å². The van der Waals surface area contributed by atoms with Crippen LogP contribution in [0.4, 0.5) is 0 Å². The zero-order chi connectivity index (χ0) is 18.2. The summed E-state index contributed by atoms with van der Waals surface area (Å²) in [7, 11) is -1.65. The predicted molar refractivity (Wildman–Crippen MR) is 111 cm³/mol. The first-order valence-corrected chi connectivity index (χ1v) is 12.4. The maximum absolute atomic E-state index is 6.79. The van der Waals surface area contributed by atoms with Crippen LogP contribution in [0.2, 0.25) is 18.1 Å². The van der Waals surface area contributed by atoms with E-state index in [1.165, 1.54) is 29.3 Å². The van der Waals surface area contributed by atoms with Crippen LogP contribution in [-0.2, 0) is 4.43 Å². The fourth-order valence-corrected chi connectivity index (χ4v) is 6.23. The predicted octanol–water partition coefficient (Wildman–Crippen LogP) is 6.77. The van der Waals surface area contributed by atoms with Crippen molar-refractivity contribution in [3.63, 3.8) is 0 Å². The zero-order valence-electron chi connectivity index (χ0n) is 16.2. The quantitative estimate of drug-likeness (QED) is 0.338. The molecule has 0 saturated heterocycles. The number of hydrogen-bond donors (Lipinski definition) is 0. The first kappa shape index (κ1) is 21.1. The molecule has 0 aliphatic heterocycles. The number of hydrogen-bond acceptors (Lipinski definition) is 3. The highest BCUT2D eigenvalue weighted by atomic mass is 32.1. The first-order chi connectivity index (χ1) is 11.4. The maximum Gasteiger partial charge on any atom is 0.192 e. The number of rotatable bonds is 10. The molecule has 1 atom stereocenters. The van der Waals surface area contributed by atoms with E-state index in [9.17, 15) is 0 Å². The molecule has 0 saturated carbocycles. The summed E-state index contributed by atoms with van der Waals surface area (Å²) in [4.78, 5) is 4.57. The third kappa shape index (κ3) is 6.15. The Morgan fingerprint density at radius 2 is 1.92 bits per heavy atom. The Morgan fingerprint density at radius 3 is 2.38 bits per heavy atom. The molecular formula is C20H33NOSSi. The number of aryl methyl sites for hydroxylation is 1. The highest BCUT2D eigenvalue weighted by Gasteiger charge is 2.32. The summed E-state index contributed by atoms with van der Waals surface area (Å²) in [6.45, 7) is 17.0. The Balaban J connectivity index is 3.07. The monoisotopic (exact) mass is 363 g/mol. The summed E-state index contributed by atoms with van der Waals surface area (Å²) in [5.74, 6) is 0. The highest BCUT2D eigenvalue weighted by molar-refractivity contribution is 7.09. The molecule has 1 aromatic heterocycles. The molecule has 134 valence electrons. The Kier molecular flexibility index (Phi) is 8.88. The van der Waals surface area contributed by atoms with Gasteiger partial charge < -0.3 is 4.43 Å². The van der Waals surface area contributed by atoms with Gasteiger partial charge in [0.2, 0.25) is 0 Å². The van der Waals surface area contributed by atoms with Gasteiger partial charge in [-0.3, -0.25) is 0 Å². The van der Waals surface area contributed by atoms with Gasteiger partial charge in [-0.25, -0.2) is 4.98 Å².